The summed E-state index contributed by atoms with van der Waals surface area (Å²) >= 11 is 0. The number of hydrogen-bond acceptors (Lipinski definition) is 3. The van der Waals surface area contributed by atoms with Crippen molar-refractivity contribution in [3.63, 3.8) is 0 Å². The van der Waals surface area contributed by atoms with Gasteiger partial charge in [-0.15, -0.1) is 0 Å². The van der Waals surface area contributed by atoms with E-state index < -0.39 is 0 Å². The number of ketones is 1. The highest BCUT2D eigenvalue weighted by molar-refractivity contribution is 6.16. The number of nitrogens with zero attached hydrogens (tertiary/aromatic N) is 1. The molecular weight excluding hydrogens is 262 g/mol. The quantitative estimate of drug-likeness (QED) is 0.680. The van der Waals surface area contributed by atoms with Crippen LogP contribution in [-0.4, -0.2) is 17.4 Å². The van der Waals surface area contributed by atoms with E-state index in [0.717, 1.165) is 10.9 Å². The predicted molar refractivity (Wildman–Crippen MR) is 82.8 cm³/mol. The minimum atomic E-state index is -0.0184. The van der Waals surface area contributed by atoms with Crippen molar-refractivity contribution < 1.29 is 9.53 Å². The van der Waals surface area contributed by atoms with Crippen LogP contribution in [0.25, 0.3) is 10.9 Å². The summed E-state index contributed by atoms with van der Waals surface area (Å²) in [5, 5.41) is 0.867. The Bertz CT molecular complexity index is 791. The molecule has 0 N–H and O–H groups in total. The summed E-state index contributed by atoms with van der Waals surface area (Å²) in [7, 11) is 0. The molecule has 0 unspecified atom stereocenters. The molecule has 0 amide bonds. The van der Waals surface area contributed by atoms with E-state index in [-0.39, 0.29) is 5.78 Å². The van der Waals surface area contributed by atoms with Gasteiger partial charge in [0.25, 0.3) is 0 Å². The molecule has 0 saturated carbocycles. The second-order valence-corrected chi connectivity index (χ2v) is 4.67. The number of hydrogen-bond donors (Lipinski definition) is 0. The van der Waals surface area contributed by atoms with Gasteiger partial charge in [-0.1, -0.05) is 30.3 Å². The molecule has 3 nitrogen and oxygen atoms in total. The predicted octanol–water partition coefficient (Wildman–Crippen LogP) is 3.86. The lowest BCUT2D eigenvalue weighted by Gasteiger charge is -2.07. The summed E-state index contributed by atoms with van der Waals surface area (Å²) in [6, 6.07) is 16.6. The standard InChI is InChI=1S/C18H15NO2/c1-2-21-14-7-3-6-13(12-14)18(20)16-8-4-10-17-15(16)9-5-11-19-17/h3-12H,2H2,1H3. The number of ether oxygens (including phenoxy) is 1. The van der Waals surface area contributed by atoms with Crippen molar-refractivity contribution in [2.75, 3.05) is 6.61 Å². The Kier molecular flexibility index (Phi) is 3.65. The molecule has 104 valence electrons. The first-order chi connectivity index (χ1) is 10.3. The number of benzene rings is 2. The van der Waals surface area contributed by atoms with Gasteiger partial charge in [0.1, 0.15) is 5.75 Å². The van der Waals surface area contributed by atoms with Gasteiger partial charge in [0.05, 0.1) is 12.1 Å². The van der Waals surface area contributed by atoms with Crippen molar-refractivity contribution in [3.05, 3.63) is 71.9 Å². The zero-order chi connectivity index (χ0) is 14.7. The first kappa shape index (κ1) is 13.3. The minimum Gasteiger partial charge on any atom is -0.494 e. The monoisotopic (exact) mass is 277 g/mol. The second kappa shape index (κ2) is 5.75. The van der Waals surface area contributed by atoms with E-state index in [4.69, 9.17) is 4.74 Å². The smallest absolute Gasteiger partial charge is 0.193 e. The van der Waals surface area contributed by atoms with Gasteiger partial charge in [0, 0.05) is 22.7 Å². The Morgan fingerprint density at radius 2 is 1.95 bits per heavy atom. The molecule has 3 rings (SSSR count). The highest BCUT2D eigenvalue weighted by atomic mass is 16.5. The van der Waals surface area contributed by atoms with E-state index in [2.05, 4.69) is 4.98 Å². The number of rotatable bonds is 4. The molecule has 21 heavy (non-hydrogen) atoms. The lowest BCUT2D eigenvalue weighted by atomic mass is 9.99. The number of fused-ring (bicyclic) bond motifs is 1. The first-order valence-corrected chi connectivity index (χ1v) is 6.91. The summed E-state index contributed by atoms with van der Waals surface area (Å²) in [6.07, 6.45) is 1.73. The van der Waals surface area contributed by atoms with Gasteiger partial charge in [0.15, 0.2) is 5.78 Å². The maximum atomic E-state index is 12.7. The Balaban J connectivity index is 2.06. The molecule has 0 saturated heterocycles. The molecule has 0 spiro atoms. The van der Waals surface area contributed by atoms with Crippen LogP contribution in [0.5, 0.6) is 5.75 Å². The largest absolute Gasteiger partial charge is 0.494 e. The van der Waals surface area contributed by atoms with E-state index in [1.165, 1.54) is 0 Å². The molecule has 0 aliphatic carbocycles. The Morgan fingerprint density at radius 1 is 1.10 bits per heavy atom. The lowest BCUT2D eigenvalue weighted by molar-refractivity contribution is 0.104. The van der Waals surface area contributed by atoms with E-state index in [1.807, 2.05) is 49.4 Å². The van der Waals surface area contributed by atoms with Gasteiger partial charge in [-0.05, 0) is 31.2 Å². The Labute approximate surface area is 123 Å². The average Bonchev–Trinajstić information content (AvgIpc) is 2.54. The Hall–Kier alpha value is -2.68. The van der Waals surface area contributed by atoms with E-state index in [1.54, 1.807) is 18.3 Å². The molecule has 3 heteroatoms. The van der Waals surface area contributed by atoms with E-state index >= 15 is 0 Å². The number of aromatic nitrogens is 1. The minimum absolute atomic E-state index is 0.0184. The molecule has 0 bridgehead atoms. The number of carbonyl (C=O) groups excluding carboxylic acids is 1. The fourth-order valence-corrected chi connectivity index (χ4v) is 2.35. The molecule has 0 radical (unpaired) electrons. The third kappa shape index (κ3) is 2.63. The van der Waals surface area contributed by atoms with Crippen LogP contribution >= 0.6 is 0 Å². The van der Waals surface area contributed by atoms with Crippen LogP contribution in [-0.2, 0) is 0 Å². The van der Waals surface area contributed by atoms with E-state index in [0.29, 0.717) is 23.5 Å². The van der Waals surface area contributed by atoms with Gasteiger partial charge in [-0.25, -0.2) is 0 Å². The molecule has 3 aromatic rings. The van der Waals surface area contributed by atoms with Gasteiger partial charge in [0.2, 0.25) is 0 Å². The maximum Gasteiger partial charge on any atom is 0.193 e. The fraction of sp³-hybridized carbons (Fsp3) is 0.111. The van der Waals surface area contributed by atoms with Crippen LogP contribution in [0, 0.1) is 0 Å². The zero-order valence-electron chi connectivity index (χ0n) is 11.7. The number of pyridine rings is 1. The van der Waals surface area contributed by atoms with Crippen LogP contribution in [0.15, 0.2) is 60.8 Å². The highest BCUT2D eigenvalue weighted by Crippen LogP contribution is 2.22. The second-order valence-electron chi connectivity index (χ2n) is 4.67. The van der Waals surface area contributed by atoms with Gasteiger partial charge >= 0.3 is 0 Å². The van der Waals surface area contributed by atoms with Crippen molar-refractivity contribution in [3.8, 4) is 5.75 Å². The van der Waals surface area contributed by atoms with Crippen LogP contribution in [0.2, 0.25) is 0 Å². The molecule has 0 aliphatic heterocycles. The van der Waals surface area contributed by atoms with Crippen molar-refractivity contribution in [2.24, 2.45) is 0 Å². The molecule has 0 fully saturated rings. The lowest BCUT2D eigenvalue weighted by Crippen LogP contribution is -2.03. The summed E-state index contributed by atoms with van der Waals surface area (Å²) in [4.78, 5) is 17.0. The topological polar surface area (TPSA) is 39.2 Å². The molecule has 2 aromatic carbocycles. The van der Waals surface area contributed by atoms with E-state index in [9.17, 15) is 4.79 Å². The van der Waals surface area contributed by atoms with Crippen LogP contribution in [0.1, 0.15) is 22.8 Å². The van der Waals surface area contributed by atoms with Crippen molar-refractivity contribution in [1.82, 2.24) is 4.98 Å². The maximum absolute atomic E-state index is 12.7. The molecule has 0 atom stereocenters. The normalized spacial score (nSPS) is 10.5. The zero-order valence-corrected chi connectivity index (χ0v) is 11.7. The van der Waals surface area contributed by atoms with Crippen molar-refractivity contribution in [1.29, 1.82) is 0 Å². The average molecular weight is 277 g/mol. The molecular formula is C18H15NO2. The van der Waals surface area contributed by atoms with Crippen LogP contribution < -0.4 is 4.74 Å². The van der Waals surface area contributed by atoms with Gasteiger partial charge in [-0.3, -0.25) is 9.78 Å². The number of carbonyl (C=O) groups is 1. The summed E-state index contributed by atoms with van der Waals surface area (Å²) in [5.74, 6) is 0.692. The Morgan fingerprint density at radius 3 is 2.81 bits per heavy atom. The fourth-order valence-electron chi connectivity index (χ4n) is 2.35. The first-order valence-electron chi connectivity index (χ1n) is 6.91. The molecule has 1 heterocycles. The molecule has 1 aromatic heterocycles. The van der Waals surface area contributed by atoms with Crippen LogP contribution in [0.4, 0.5) is 0 Å². The van der Waals surface area contributed by atoms with Crippen molar-refractivity contribution in [2.45, 2.75) is 6.92 Å². The third-order valence-corrected chi connectivity index (χ3v) is 3.30. The highest BCUT2D eigenvalue weighted by Gasteiger charge is 2.13. The molecule has 0 aliphatic rings. The van der Waals surface area contributed by atoms with Crippen LogP contribution in [0.3, 0.4) is 0 Å². The van der Waals surface area contributed by atoms with Gasteiger partial charge in [-0.2, -0.15) is 0 Å². The summed E-state index contributed by atoms with van der Waals surface area (Å²) in [5.41, 5.74) is 2.11. The summed E-state index contributed by atoms with van der Waals surface area (Å²) < 4.78 is 5.46. The van der Waals surface area contributed by atoms with Gasteiger partial charge < -0.3 is 4.74 Å². The van der Waals surface area contributed by atoms with Crippen molar-refractivity contribution >= 4 is 16.7 Å². The SMILES string of the molecule is CCOc1cccc(C(=O)c2cccc3ncccc23)c1. The summed E-state index contributed by atoms with van der Waals surface area (Å²) in [6.45, 7) is 2.50. The third-order valence-electron chi connectivity index (χ3n) is 3.30.